The fraction of sp³-hybridized carbons (Fsp3) is 0.0625. The number of halogens is 1. The van der Waals surface area contributed by atoms with Crippen LogP contribution >= 0.6 is 22.9 Å². The molecule has 0 atom stereocenters. The Hall–Kier alpha value is -2.04. The Kier molecular flexibility index (Phi) is 3.82. The molecule has 0 saturated carbocycles. The SMILES string of the molecule is Nc1ccc(C(=O)OCc2csc3ccccc23)cc1Cl. The first-order valence-corrected chi connectivity index (χ1v) is 7.58. The van der Waals surface area contributed by atoms with Crippen molar-refractivity contribution in [3.05, 3.63) is 64.0 Å². The molecule has 2 N–H and O–H groups in total. The van der Waals surface area contributed by atoms with Gasteiger partial charge in [0.25, 0.3) is 0 Å². The smallest absolute Gasteiger partial charge is 0.338 e. The molecule has 0 fully saturated rings. The summed E-state index contributed by atoms with van der Waals surface area (Å²) in [6.45, 7) is 0.241. The van der Waals surface area contributed by atoms with Crippen LogP contribution in [0.4, 0.5) is 5.69 Å². The van der Waals surface area contributed by atoms with Crippen LogP contribution in [0.15, 0.2) is 47.8 Å². The first kappa shape index (κ1) is 13.9. The summed E-state index contributed by atoms with van der Waals surface area (Å²) in [5.41, 5.74) is 7.46. The summed E-state index contributed by atoms with van der Waals surface area (Å²) in [6, 6.07) is 12.8. The normalized spacial score (nSPS) is 10.7. The standard InChI is InChI=1S/C16H12ClNO2S/c17-13-7-10(5-6-14(13)18)16(19)20-8-11-9-21-15-4-2-1-3-12(11)15/h1-7,9H,8,18H2. The quantitative estimate of drug-likeness (QED) is 0.572. The first-order chi connectivity index (χ1) is 10.1. The van der Waals surface area contributed by atoms with E-state index >= 15 is 0 Å². The number of benzene rings is 2. The molecule has 0 aliphatic carbocycles. The van der Waals surface area contributed by atoms with E-state index in [0.29, 0.717) is 16.3 Å². The van der Waals surface area contributed by atoms with E-state index < -0.39 is 5.97 Å². The third-order valence-electron chi connectivity index (χ3n) is 3.16. The van der Waals surface area contributed by atoms with Crippen molar-refractivity contribution in [3.8, 4) is 0 Å². The minimum absolute atomic E-state index is 0.241. The lowest BCUT2D eigenvalue weighted by Gasteiger charge is -2.05. The van der Waals surface area contributed by atoms with E-state index in [1.807, 2.05) is 29.6 Å². The molecule has 3 rings (SSSR count). The van der Waals surface area contributed by atoms with Crippen LogP contribution in [-0.2, 0) is 11.3 Å². The number of thiophene rings is 1. The van der Waals surface area contributed by atoms with Gasteiger partial charge in [0.2, 0.25) is 0 Å². The van der Waals surface area contributed by atoms with Crippen LogP contribution in [-0.4, -0.2) is 5.97 Å². The number of ether oxygens (including phenoxy) is 1. The lowest BCUT2D eigenvalue weighted by molar-refractivity contribution is 0.0475. The number of nitrogen functional groups attached to an aromatic ring is 1. The summed E-state index contributed by atoms with van der Waals surface area (Å²) in [6.07, 6.45) is 0. The molecule has 106 valence electrons. The van der Waals surface area contributed by atoms with Gasteiger partial charge in [0.05, 0.1) is 16.3 Å². The van der Waals surface area contributed by atoms with Crippen molar-refractivity contribution in [2.45, 2.75) is 6.61 Å². The van der Waals surface area contributed by atoms with Gasteiger partial charge >= 0.3 is 5.97 Å². The predicted molar refractivity (Wildman–Crippen MR) is 86.8 cm³/mol. The Bertz CT molecular complexity index is 813. The second-order valence-electron chi connectivity index (χ2n) is 4.57. The van der Waals surface area contributed by atoms with Crippen LogP contribution in [0.25, 0.3) is 10.1 Å². The largest absolute Gasteiger partial charge is 0.457 e. The third kappa shape index (κ3) is 2.86. The maximum Gasteiger partial charge on any atom is 0.338 e. The molecule has 5 heteroatoms. The Morgan fingerprint density at radius 2 is 2.05 bits per heavy atom. The molecule has 0 aliphatic rings. The molecule has 0 aliphatic heterocycles. The number of fused-ring (bicyclic) bond motifs is 1. The molecule has 0 amide bonds. The molecule has 2 aromatic carbocycles. The summed E-state index contributed by atoms with van der Waals surface area (Å²) in [7, 11) is 0. The first-order valence-electron chi connectivity index (χ1n) is 6.32. The Balaban J connectivity index is 1.75. The Labute approximate surface area is 130 Å². The van der Waals surface area contributed by atoms with Crippen LogP contribution < -0.4 is 5.73 Å². The summed E-state index contributed by atoms with van der Waals surface area (Å²) in [4.78, 5) is 12.0. The van der Waals surface area contributed by atoms with Crippen molar-refractivity contribution >= 4 is 44.7 Å². The van der Waals surface area contributed by atoms with Gasteiger partial charge in [0.15, 0.2) is 0 Å². The molecule has 0 bridgehead atoms. The van der Waals surface area contributed by atoms with Crippen molar-refractivity contribution in [2.24, 2.45) is 0 Å². The van der Waals surface area contributed by atoms with Crippen molar-refractivity contribution in [1.82, 2.24) is 0 Å². The van der Waals surface area contributed by atoms with E-state index in [1.165, 1.54) is 10.8 Å². The highest BCUT2D eigenvalue weighted by Gasteiger charge is 2.11. The topological polar surface area (TPSA) is 52.3 Å². The molecule has 0 unspecified atom stereocenters. The zero-order chi connectivity index (χ0) is 14.8. The Morgan fingerprint density at radius 1 is 1.24 bits per heavy atom. The van der Waals surface area contributed by atoms with Crippen molar-refractivity contribution in [2.75, 3.05) is 5.73 Å². The van der Waals surface area contributed by atoms with E-state index in [2.05, 4.69) is 0 Å². The van der Waals surface area contributed by atoms with Crippen molar-refractivity contribution < 1.29 is 9.53 Å². The van der Waals surface area contributed by atoms with Gasteiger partial charge in [0.1, 0.15) is 6.61 Å². The number of rotatable bonds is 3. The van der Waals surface area contributed by atoms with Gasteiger partial charge in [-0.2, -0.15) is 0 Å². The molecule has 0 radical (unpaired) electrons. The molecule has 0 spiro atoms. The Morgan fingerprint density at radius 3 is 2.86 bits per heavy atom. The van der Waals surface area contributed by atoms with Crippen molar-refractivity contribution in [1.29, 1.82) is 0 Å². The molecular formula is C16H12ClNO2S. The van der Waals surface area contributed by atoms with E-state index in [0.717, 1.165) is 10.9 Å². The fourth-order valence-corrected chi connectivity index (χ4v) is 3.15. The highest BCUT2D eigenvalue weighted by molar-refractivity contribution is 7.17. The number of carbonyl (C=O) groups is 1. The third-order valence-corrected chi connectivity index (χ3v) is 4.50. The van der Waals surface area contributed by atoms with Gasteiger partial charge in [0, 0.05) is 10.3 Å². The van der Waals surface area contributed by atoms with Gasteiger partial charge in [-0.15, -0.1) is 11.3 Å². The highest BCUT2D eigenvalue weighted by Crippen LogP contribution is 2.26. The molecule has 21 heavy (non-hydrogen) atoms. The van der Waals surface area contributed by atoms with E-state index in [-0.39, 0.29) is 6.61 Å². The number of carbonyl (C=O) groups excluding carboxylic acids is 1. The van der Waals surface area contributed by atoms with E-state index in [4.69, 9.17) is 22.1 Å². The summed E-state index contributed by atoms with van der Waals surface area (Å²) in [5.74, 6) is -0.410. The minimum Gasteiger partial charge on any atom is -0.457 e. The molecule has 3 aromatic rings. The van der Waals surface area contributed by atoms with Gasteiger partial charge in [-0.3, -0.25) is 0 Å². The number of esters is 1. The molecule has 1 heterocycles. The number of nitrogens with two attached hydrogens (primary N) is 1. The zero-order valence-corrected chi connectivity index (χ0v) is 12.6. The maximum absolute atomic E-state index is 12.0. The van der Waals surface area contributed by atoms with Crippen LogP contribution in [0.1, 0.15) is 15.9 Å². The predicted octanol–water partition coefficient (Wildman–Crippen LogP) is 4.49. The van der Waals surface area contributed by atoms with Gasteiger partial charge in [-0.1, -0.05) is 29.8 Å². The van der Waals surface area contributed by atoms with Gasteiger partial charge < -0.3 is 10.5 Å². The molecule has 0 saturated heterocycles. The summed E-state index contributed by atoms with van der Waals surface area (Å²) < 4.78 is 6.52. The van der Waals surface area contributed by atoms with Crippen LogP contribution in [0.5, 0.6) is 0 Å². The average Bonchev–Trinajstić information content (AvgIpc) is 2.91. The second kappa shape index (κ2) is 5.76. The number of anilines is 1. The zero-order valence-electron chi connectivity index (χ0n) is 11.0. The van der Waals surface area contributed by atoms with E-state index in [9.17, 15) is 4.79 Å². The monoisotopic (exact) mass is 317 g/mol. The maximum atomic E-state index is 12.0. The lowest BCUT2D eigenvalue weighted by atomic mass is 10.2. The van der Waals surface area contributed by atoms with Gasteiger partial charge in [-0.05, 0) is 35.0 Å². The van der Waals surface area contributed by atoms with E-state index in [1.54, 1.807) is 23.5 Å². The highest BCUT2D eigenvalue weighted by atomic mass is 35.5. The summed E-state index contributed by atoms with van der Waals surface area (Å²) in [5, 5.41) is 3.48. The number of hydrogen-bond acceptors (Lipinski definition) is 4. The number of hydrogen-bond donors (Lipinski definition) is 1. The van der Waals surface area contributed by atoms with Crippen LogP contribution in [0, 0.1) is 0 Å². The van der Waals surface area contributed by atoms with Crippen LogP contribution in [0.2, 0.25) is 5.02 Å². The molecule has 3 nitrogen and oxygen atoms in total. The average molecular weight is 318 g/mol. The van der Waals surface area contributed by atoms with Gasteiger partial charge in [-0.25, -0.2) is 4.79 Å². The summed E-state index contributed by atoms with van der Waals surface area (Å²) >= 11 is 7.54. The molecule has 1 aromatic heterocycles. The fourth-order valence-electron chi connectivity index (χ4n) is 2.03. The minimum atomic E-state index is -0.410. The van der Waals surface area contributed by atoms with Crippen molar-refractivity contribution in [3.63, 3.8) is 0 Å². The van der Waals surface area contributed by atoms with Crippen LogP contribution in [0.3, 0.4) is 0 Å². The molecular weight excluding hydrogens is 306 g/mol. The lowest BCUT2D eigenvalue weighted by Crippen LogP contribution is -2.05. The second-order valence-corrected chi connectivity index (χ2v) is 5.89.